The number of alkyl halides is 3. The predicted octanol–water partition coefficient (Wildman–Crippen LogP) is 3.60. The summed E-state index contributed by atoms with van der Waals surface area (Å²) in [6.07, 6.45) is -5.30. The standard InChI is InChI=1S/C11H10BrF3O2/c12-9-4-2-1-3-8(9)10(16)7-17-6-5-11(13,14)15/h1-4H,5-7H2. The maximum absolute atomic E-state index is 11.8. The molecule has 0 aliphatic heterocycles. The molecule has 0 atom stereocenters. The first-order valence-corrected chi connectivity index (χ1v) is 5.61. The third-order valence-electron chi connectivity index (χ3n) is 1.94. The van der Waals surface area contributed by atoms with Crippen LogP contribution >= 0.6 is 15.9 Å². The molecule has 1 aromatic carbocycles. The average Bonchev–Trinajstić information content (AvgIpc) is 2.23. The van der Waals surface area contributed by atoms with E-state index in [-0.39, 0.29) is 12.4 Å². The van der Waals surface area contributed by atoms with Gasteiger partial charge in [0.2, 0.25) is 0 Å². The summed E-state index contributed by atoms with van der Waals surface area (Å²) < 4.78 is 40.7. The van der Waals surface area contributed by atoms with Gasteiger partial charge in [-0.3, -0.25) is 4.79 Å². The van der Waals surface area contributed by atoms with Gasteiger partial charge in [-0.1, -0.05) is 34.1 Å². The van der Waals surface area contributed by atoms with E-state index in [0.717, 1.165) is 0 Å². The van der Waals surface area contributed by atoms with Gasteiger partial charge < -0.3 is 4.74 Å². The Balaban J connectivity index is 2.39. The lowest BCUT2D eigenvalue weighted by atomic mass is 10.1. The fourth-order valence-electron chi connectivity index (χ4n) is 1.12. The highest BCUT2D eigenvalue weighted by atomic mass is 79.9. The zero-order valence-electron chi connectivity index (χ0n) is 8.76. The number of hydrogen-bond donors (Lipinski definition) is 0. The molecule has 0 unspecified atom stereocenters. The van der Waals surface area contributed by atoms with Gasteiger partial charge in [0, 0.05) is 10.0 Å². The Morgan fingerprint density at radius 1 is 1.29 bits per heavy atom. The normalized spacial score (nSPS) is 11.5. The van der Waals surface area contributed by atoms with Crippen LogP contribution in [0.15, 0.2) is 28.7 Å². The molecule has 0 spiro atoms. The second-order valence-electron chi connectivity index (χ2n) is 3.32. The summed E-state index contributed by atoms with van der Waals surface area (Å²) in [5, 5.41) is 0. The summed E-state index contributed by atoms with van der Waals surface area (Å²) in [7, 11) is 0. The highest BCUT2D eigenvalue weighted by Gasteiger charge is 2.26. The molecule has 0 saturated heterocycles. The third kappa shape index (κ3) is 5.32. The molecule has 0 heterocycles. The number of benzene rings is 1. The van der Waals surface area contributed by atoms with Crippen LogP contribution in [0.2, 0.25) is 0 Å². The second-order valence-corrected chi connectivity index (χ2v) is 4.18. The number of Topliss-reactive ketones (excluding diaryl/α,β-unsaturated/α-hetero) is 1. The monoisotopic (exact) mass is 310 g/mol. The van der Waals surface area contributed by atoms with Gasteiger partial charge in [-0.25, -0.2) is 0 Å². The van der Waals surface area contributed by atoms with Crippen LogP contribution in [0.4, 0.5) is 13.2 Å². The van der Waals surface area contributed by atoms with Crippen molar-refractivity contribution in [3.63, 3.8) is 0 Å². The topological polar surface area (TPSA) is 26.3 Å². The summed E-state index contributed by atoms with van der Waals surface area (Å²) >= 11 is 3.18. The first kappa shape index (κ1) is 14.2. The molecule has 0 amide bonds. The van der Waals surface area contributed by atoms with Gasteiger partial charge in [0.25, 0.3) is 0 Å². The van der Waals surface area contributed by atoms with Crippen LogP contribution in [0, 0.1) is 0 Å². The highest BCUT2D eigenvalue weighted by molar-refractivity contribution is 9.10. The first-order chi connectivity index (χ1) is 7.90. The van der Waals surface area contributed by atoms with Crippen LogP contribution in [-0.4, -0.2) is 25.2 Å². The third-order valence-corrected chi connectivity index (χ3v) is 2.63. The summed E-state index contributed by atoms with van der Waals surface area (Å²) in [4.78, 5) is 11.6. The van der Waals surface area contributed by atoms with E-state index in [1.165, 1.54) is 0 Å². The van der Waals surface area contributed by atoms with Gasteiger partial charge >= 0.3 is 6.18 Å². The Labute approximate surface area is 105 Å². The number of hydrogen-bond acceptors (Lipinski definition) is 2. The lowest BCUT2D eigenvalue weighted by molar-refractivity contribution is -0.144. The second kappa shape index (κ2) is 6.16. The smallest absolute Gasteiger partial charge is 0.373 e. The van der Waals surface area contributed by atoms with Crippen molar-refractivity contribution in [3.8, 4) is 0 Å². The van der Waals surface area contributed by atoms with Crippen LogP contribution in [0.1, 0.15) is 16.8 Å². The Bertz CT molecular complexity index is 391. The highest BCUT2D eigenvalue weighted by Crippen LogP contribution is 2.19. The number of ketones is 1. The fourth-order valence-corrected chi connectivity index (χ4v) is 1.62. The van der Waals surface area contributed by atoms with Gasteiger partial charge in [0.15, 0.2) is 5.78 Å². The van der Waals surface area contributed by atoms with Crippen molar-refractivity contribution in [1.82, 2.24) is 0 Å². The van der Waals surface area contributed by atoms with Crippen LogP contribution < -0.4 is 0 Å². The molecule has 0 aromatic heterocycles. The van der Waals surface area contributed by atoms with Crippen molar-refractivity contribution in [1.29, 1.82) is 0 Å². The summed E-state index contributed by atoms with van der Waals surface area (Å²) in [6.45, 7) is -0.849. The van der Waals surface area contributed by atoms with E-state index >= 15 is 0 Å². The Kier molecular flexibility index (Phi) is 5.14. The number of ether oxygens (including phenoxy) is 1. The van der Waals surface area contributed by atoms with E-state index in [2.05, 4.69) is 15.9 Å². The number of rotatable bonds is 5. The molecule has 0 bridgehead atoms. The molecule has 2 nitrogen and oxygen atoms in total. The molecule has 0 fully saturated rings. The molecular formula is C11H10BrF3O2. The SMILES string of the molecule is O=C(COCCC(F)(F)F)c1ccccc1Br. The van der Waals surface area contributed by atoms with Crippen LogP contribution in [0.5, 0.6) is 0 Å². The molecule has 94 valence electrons. The molecule has 0 aliphatic rings. The number of carbonyl (C=O) groups is 1. The fraction of sp³-hybridized carbons (Fsp3) is 0.364. The first-order valence-electron chi connectivity index (χ1n) is 4.82. The molecule has 0 aliphatic carbocycles. The summed E-state index contributed by atoms with van der Waals surface area (Å²) in [5.74, 6) is -0.348. The molecule has 17 heavy (non-hydrogen) atoms. The van der Waals surface area contributed by atoms with Crippen molar-refractivity contribution in [2.24, 2.45) is 0 Å². The largest absolute Gasteiger partial charge is 0.391 e. The molecule has 0 saturated carbocycles. The number of halogens is 4. The molecule has 6 heteroatoms. The molecular weight excluding hydrogens is 301 g/mol. The van der Waals surface area contributed by atoms with Gasteiger partial charge in [-0.15, -0.1) is 0 Å². The summed E-state index contributed by atoms with van der Waals surface area (Å²) in [5.41, 5.74) is 0.402. The molecule has 0 N–H and O–H groups in total. The Morgan fingerprint density at radius 3 is 2.53 bits per heavy atom. The Hall–Kier alpha value is -0.880. The molecule has 0 radical (unpaired) electrons. The quantitative estimate of drug-likeness (QED) is 0.613. The lowest BCUT2D eigenvalue weighted by Gasteiger charge is -2.07. The minimum Gasteiger partial charge on any atom is -0.373 e. The van der Waals surface area contributed by atoms with Gasteiger partial charge in [-0.05, 0) is 6.07 Å². The Morgan fingerprint density at radius 2 is 1.94 bits per heavy atom. The van der Waals surface area contributed by atoms with Crippen molar-refractivity contribution in [2.45, 2.75) is 12.6 Å². The maximum Gasteiger partial charge on any atom is 0.391 e. The van der Waals surface area contributed by atoms with Crippen molar-refractivity contribution < 1.29 is 22.7 Å². The predicted molar refractivity (Wildman–Crippen MR) is 60.0 cm³/mol. The lowest BCUT2D eigenvalue weighted by Crippen LogP contribution is -2.15. The zero-order valence-corrected chi connectivity index (χ0v) is 10.3. The van der Waals surface area contributed by atoms with E-state index in [9.17, 15) is 18.0 Å². The van der Waals surface area contributed by atoms with Crippen molar-refractivity contribution >= 4 is 21.7 Å². The molecule has 1 aromatic rings. The van der Waals surface area contributed by atoms with E-state index in [4.69, 9.17) is 4.74 Å². The van der Waals surface area contributed by atoms with Gasteiger partial charge in [0.1, 0.15) is 6.61 Å². The van der Waals surface area contributed by atoms with E-state index in [0.29, 0.717) is 10.0 Å². The van der Waals surface area contributed by atoms with E-state index < -0.39 is 19.2 Å². The number of carbonyl (C=O) groups excluding carboxylic acids is 1. The van der Waals surface area contributed by atoms with E-state index in [1.807, 2.05) is 0 Å². The van der Waals surface area contributed by atoms with E-state index in [1.54, 1.807) is 24.3 Å². The van der Waals surface area contributed by atoms with Gasteiger partial charge in [-0.2, -0.15) is 13.2 Å². The van der Waals surface area contributed by atoms with Crippen LogP contribution in [0.25, 0.3) is 0 Å². The van der Waals surface area contributed by atoms with Crippen molar-refractivity contribution in [2.75, 3.05) is 13.2 Å². The van der Waals surface area contributed by atoms with Crippen LogP contribution in [-0.2, 0) is 4.74 Å². The molecule has 1 rings (SSSR count). The zero-order chi connectivity index (χ0) is 12.9. The minimum atomic E-state index is -4.25. The van der Waals surface area contributed by atoms with Crippen LogP contribution in [0.3, 0.4) is 0 Å². The minimum absolute atomic E-state index is 0.348. The average molecular weight is 311 g/mol. The van der Waals surface area contributed by atoms with Crippen molar-refractivity contribution in [3.05, 3.63) is 34.3 Å². The summed E-state index contributed by atoms with van der Waals surface area (Å²) in [6, 6.07) is 6.68. The van der Waals surface area contributed by atoms with Gasteiger partial charge in [0.05, 0.1) is 13.0 Å². The maximum atomic E-state index is 11.8.